The lowest BCUT2D eigenvalue weighted by atomic mass is 10.1. The fourth-order valence-corrected chi connectivity index (χ4v) is 4.55. The molecule has 118 valence electrons. The van der Waals surface area contributed by atoms with Crippen LogP contribution in [0.3, 0.4) is 0 Å². The number of hydrogen-bond donors (Lipinski definition) is 0. The predicted molar refractivity (Wildman–Crippen MR) is 94.7 cm³/mol. The van der Waals surface area contributed by atoms with Crippen molar-refractivity contribution in [3.05, 3.63) is 47.8 Å². The van der Waals surface area contributed by atoms with E-state index in [1.165, 1.54) is 0 Å². The molecular weight excluding hydrogens is 314 g/mol. The summed E-state index contributed by atoms with van der Waals surface area (Å²) in [4.78, 5) is 12.8. The third-order valence-corrected chi connectivity index (χ3v) is 5.84. The van der Waals surface area contributed by atoms with E-state index in [9.17, 15) is 4.79 Å². The molecule has 1 heterocycles. The molecule has 0 aliphatic heterocycles. The Morgan fingerprint density at radius 1 is 1.18 bits per heavy atom. The van der Waals surface area contributed by atoms with Gasteiger partial charge in [-0.1, -0.05) is 49.4 Å². The summed E-state index contributed by atoms with van der Waals surface area (Å²) in [6.07, 6.45) is 1.58. The van der Waals surface area contributed by atoms with E-state index in [0.717, 1.165) is 17.1 Å². The minimum atomic E-state index is -0.0878. The van der Waals surface area contributed by atoms with Gasteiger partial charge in [-0.2, -0.15) is 0 Å². The molecule has 1 atom stereocenters. The molecular formula is C16H21N3OS2. The number of carbonyl (C=O) groups is 1. The first kappa shape index (κ1) is 17.1. The van der Waals surface area contributed by atoms with E-state index < -0.39 is 0 Å². The highest BCUT2D eigenvalue weighted by atomic mass is 32.2. The predicted octanol–water partition coefficient (Wildman–Crippen LogP) is 3.90. The third kappa shape index (κ3) is 3.93. The van der Waals surface area contributed by atoms with Crippen molar-refractivity contribution in [3.63, 3.8) is 0 Å². The van der Waals surface area contributed by atoms with Gasteiger partial charge >= 0.3 is 0 Å². The van der Waals surface area contributed by atoms with E-state index in [2.05, 4.69) is 24.2 Å². The third-order valence-electron chi connectivity index (χ3n) is 3.33. The molecule has 1 aromatic carbocycles. The van der Waals surface area contributed by atoms with Crippen molar-refractivity contribution < 1.29 is 4.79 Å². The monoisotopic (exact) mass is 335 g/mol. The Balaban J connectivity index is 2.26. The van der Waals surface area contributed by atoms with Crippen LogP contribution >= 0.6 is 23.5 Å². The van der Waals surface area contributed by atoms with Crippen LogP contribution in [0.4, 0.5) is 0 Å². The SMILES string of the molecule is CCSC(SCC)C(=O)c1cnnn1[C@H](C)c1ccccc1. The molecule has 6 heteroatoms. The second kappa shape index (κ2) is 8.39. The highest BCUT2D eigenvalue weighted by molar-refractivity contribution is 8.18. The molecule has 0 saturated heterocycles. The molecule has 2 aromatic rings. The van der Waals surface area contributed by atoms with Gasteiger partial charge in [0.05, 0.1) is 12.2 Å². The number of rotatable bonds is 8. The molecule has 0 saturated carbocycles. The number of thioether (sulfide) groups is 2. The number of benzene rings is 1. The van der Waals surface area contributed by atoms with Crippen molar-refractivity contribution in [1.29, 1.82) is 0 Å². The lowest BCUT2D eigenvalue weighted by Crippen LogP contribution is -2.21. The van der Waals surface area contributed by atoms with Crippen LogP contribution in [0.5, 0.6) is 0 Å². The first-order valence-corrected chi connectivity index (χ1v) is 9.51. The Kier molecular flexibility index (Phi) is 6.51. The highest BCUT2D eigenvalue weighted by Gasteiger charge is 2.25. The van der Waals surface area contributed by atoms with Crippen LogP contribution in [0.15, 0.2) is 36.5 Å². The van der Waals surface area contributed by atoms with Crippen molar-refractivity contribution in [1.82, 2.24) is 15.0 Å². The van der Waals surface area contributed by atoms with Gasteiger partial charge < -0.3 is 0 Å². The fraction of sp³-hybridized carbons (Fsp3) is 0.438. The second-order valence-corrected chi connectivity index (χ2v) is 7.82. The Morgan fingerprint density at radius 3 is 2.41 bits per heavy atom. The van der Waals surface area contributed by atoms with Gasteiger partial charge in [0.25, 0.3) is 0 Å². The highest BCUT2D eigenvalue weighted by Crippen LogP contribution is 2.28. The molecule has 4 nitrogen and oxygen atoms in total. The van der Waals surface area contributed by atoms with E-state index in [0.29, 0.717) is 5.69 Å². The van der Waals surface area contributed by atoms with Crippen LogP contribution in [0.25, 0.3) is 0 Å². The van der Waals surface area contributed by atoms with Crippen LogP contribution in [0.1, 0.15) is 42.9 Å². The van der Waals surface area contributed by atoms with E-state index >= 15 is 0 Å². The quantitative estimate of drug-likeness (QED) is 0.541. The molecule has 2 rings (SSSR count). The van der Waals surface area contributed by atoms with Gasteiger partial charge in [-0.25, -0.2) is 4.68 Å². The van der Waals surface area contributed by atoms with Gasteiger partial charge in [-0.15, -0.1) is 28.6 Å². The summed E-state index contributed by atoms with van der Waals surface area (Å²) in [5.41, 5.74) is 1.70. The molecule has 0 aliphatic carbocycles. The van der Waals surface area contributed by atoms with Crippen LogP contribution < -0.4 is 0 Å². The van der Waals surface area contributed by atoms with Crippen molar-refractivity contribution in [3.8, 4) is 0 Å². The summed E-state index contributed by atoms with van der Waals surface area (Å²) in [6.45, 7) is 6.18. The number of ketones is 1. The Bertz CT molecular complexity index is 594. The minimum Gasteiger partial charge on any atom is -0.290 e. The van der Waals surface area contributed by atoms with Gasteiger partial charge in [0, 0.05) is 0 Å². The molecule has 0 fully saturated rings. The molecule has 0 radical (unpaired) electrons. The first-order valence-electron chi connectivity index (χ1n) is 7.41. The average molecular weight is 335 g/mol. The van der Waals surface area contributed by atoms with E-state index in [1.54, 1.807) is 34.4 Å². The smallest absolute Gasteiger partial charge is 0.205 e. The van der Waals surface area contributed by atoms with Gasteiger partial charge in [0.15, 0.2) is 0 Å². The van der Waals surface area contributed by atoms with Crippen LogP contribution in [-0.4, -0.2) is 36.9 Å². The molecule has 0 amide bonds. The summed E-state index contributed by atoms with van der Waals surface area (Å²) < 4.78 is 1.65. The van der Waals surface area contributed by atoms with Gasteiger partial charge in [-0.05, 0) is 24.0 Å². The summed E-state index contributed by atoms with van der Waals surface area (Å²) in [7, 11) is 0. The molecule has 0 spiro atoms. The summed E-state index contributed by atoms with van der Waals surface area (Å²) >= 11 is 3.34. The number of nitrogens with zero attached hydrogens (tertiary/aromatic N) is 3. The Hall–Kier alpha value is -1.27. The number of aromatic nitrogens is 3. The molecule has 0 N–H and O–H groups in total. The van der Waals surface area contributed by atoms with Crippen molar-refractivity contribution in [2.45, 2.75) is 31.4 Å². The van der Waals surface area contributed by atoms with Crippen molar-refractivity contribution in [2.24, 2.45) is 0 Å². The van der Waals surface area contributed by atoms with E-state index in [1.807, 2.05) is 37.3 Å². The van der Waals surface area contributed by atoms with Crippen LogP contribution in [0.2, 0.25) is 0 Å². The van der Waals surface area contributed by atoms with E-state index in [4.69, 9.17) is 0 Å². The maximum Gasteiger partial charge on any atom is 0.205 e. The normalized spacial score (nSPS) is 12.5. The summed E-state index contributed by atoms with van der Waals surface area (Å²) in [6, 6.07) is 10.0. The van der Waals surface area contributed by atoms with Gasteiger partial charge in [0.2, 0.25) is 5.78 Å². The van der Waals surface area contributed by atoms with Gasteiger partial charge in [0.1, 0.15) is 10.3 Å². The topological polar surface area (TPSA) is 47.8 Å². The maximum atomic E-state index is 12.8. The zero-order chi connectivity index (χ0) is 15.9. The lowest BCUT2D eigenvalue weighted by molar-refractivity contribution is 0.0999. The Labute approximate surface area is 140 Å². The van der Waals surface area contributed by atoms with Crippen molar-refractivity contribution >= 4 is 29.3 Å². The number of hydrogen-bond acceptors (Lipinski definition) is 5. The average Bonchev–Trinajstić information content (AvgIpc) is 3.03. The molecule has 0 aliphatic rings. The van der Waals surface area contributed by atoms with Crippen LogP contribution in [-0.2, 0) is 0 Å². The van der Waals surface area contributed by atoms with Crippen molar-refractivity contribution in [2.75, 3.05) is 11.5 Å². The zero-order valence-corrected chi connectivity index (χ0v) is 14.7. The summed E-state index contributed by atoms with van der Waals surface area (Å²) in [5, 5.41) is 8.11. The molecule has 0 bridgehead atoms. The second-order valence-electron chi connectivity index (χ2n) is 4.76. The first-order chi connectivity index (χ1) is 10.7. The zero-order valence-electron chi connectivity index (χ0n) is 13.1. The number of carbonyl (C=O) groups excluding carboxylic acids is 1. The lowest BCUT2D eigenvalue weighted by Gasteiger charge is -2.17. The summed E-state index contributed by atoms with van der Waals surface area (Å²) in [5.74, 6) is 1.93. The van der Waals surface area contributed by atoms with Crippen LogP contribution in [0, 0.1) is 0 Å². The molecule has 1 aromatic heterocycles. The Morgan fingerprint density at radius 2 is 1.82 bits per heavy atom. The minimum absolute atomic E-state index is 0.0125. The largest absolute Gasteiger partial charge is 0.290 e. The van der Waals surface area contributed by atoms with Gasteiger partial charge in [-0.3, -0.25) is 4.79 Å². The molecule has 0 unspecified atom stereocenters. The van der Waals surface area contributed by atoms with E-state index in [-0.39, 0.29) is 16.4 Å². The fourth-order valence-electron chi connectivity index (χ4n) is 2.20. The number of Topliss-reactive ketones (excluding diaryl/α,β-unsaturated/α-hetero) is 1. The molecule has 22 heavy (non-hydrogen) atoms. The standard InChI is InChI=1S/C16H21N3OS2/c1-4-21-16(22-5-2)15(20)14-11-17-18-19(14)12(3)13-9-7-6-8-10-13/h6-12,16H,4-5H2,1-3H3/t12-/m1/s1. The maximum absolute atomic E-state index is 12.8.